The second-order valence-electron chi connectivity index (χ2n) is 13.8. The van der Waals surface area contributed by atoms with Crippen molar-refractivity contribution in [1.82, 2.24) is 14.5 Å². The van der Waals surface area contributed by atoms with Crippen LogP contribution in [0.5, 0.6) is 0 Å². The summed E-state index contributed by atoms with van der Waals surface area (Å²) in [5.74, 6) is 1.78. The van der Waals surface area contributed by atoms with Crippen LogP contribution in [0.3, 0.4) is 0 Å². The first-order valence-electron chi connectivity index (χ1n) is 19.4. The molecule has 4 aromatic carbocycles. The third-order valence-electron chi connectivity index (χ3n) is 8.58. The fraction of sp³-hybridized carbons (Fsp3) is 0.273. The minimum absolute atomic E-state index is 0. The molecule has 1 radical (unpaired) electrons. The Morgan fingerprint density at radius 2 is 1.53 bits per heavy atom. The number of para-hydroxylation sites is 3. The van der Waals surface area contributed by atoms with E-state index in [-0.39, 0.29) is 36.6 Å². The quantitative estimate of drug-likeness (QED) is 0.162. The maximum absolute atomic E-state index is 7.28. The Balaban J connectivity index is 0.000000237. The number of aryl methyl sites for hydroxylation is 2. The van der Waals surface area contributed by atoms with Crippen molar-refractivity contribution in [3.05, 3.63) is 136 Å². The van der Waals surface area contributed by atoms with E-state index in [0.717, 1.165) is 22.4 Å². The molecule has 0 unspecified atom stereocenters. The first-order chi connectivity index (χ1) is 25.3. The monoisotopic (exact) mass is 846 g/mol. The number of aromatic nitrogens is 3. The summed E-state index contributed by atoms with van der Waals surface area (Å²) < 4.78 is 47.3. The van der Waals surface area contributed by atoms with Crippen molar-refractivity contribution in [2.75, 3.05) is 0 Å². The van der Waals surface area contributed by atoms with Gasteiger partial charge in [0, 0.05) is 40.2 Å². The van der Waals surface area contributed by atoms with E-state index in [1.165, 1.54) is 56.9 Å². The average Bonchev–Trinajstić information content (AvgIpc) is 3.71. The van der Waals surface area contributed by atoms with Crippen LogP contribution in [0.25, 0.3) is 49.5 Å². The van der Waals surface area contributed by atoms with Gasteiger partial charge in [0.15, 0.2) is 0 Å². The summed E-state index contributed by atoms with van der Waals surface area (Å²) in [5.41, 5.74) is 10.2. The Kier molecular flexibility index (Phi) is 8.80. The van der Waals surface area contributed by atoms with Gasteiger partial charge in [0.25, 0.3) is 0 Å². The molecule has 0 saturated heterocycles. The molecule has 253 valence electrons. The Labute approximate surface area is 318 Å². The van der Waals surface area contributed by atoms with Crippen LogP contribution in [-0.2, 0) is 25.5 Å². The first-order valence-corrected chi connectivity index (χ1v) is 17.2. The number of fused-ring (bicyclic) bond motifs is 2. The Bertz CT molecular complexity index is 2320. The molecule has 0 N–H and O–H groups in total. The summed E-state index contributed by atoms with van der Waals surface area (Å²) in [6.45, 7) is 11.6. The molecular weight excluding hydrogens is 795 g/mol. The summed E-state index contributed by atoms with van der Waals surface area (Å²) in [6.07, 6.45) is 1.30. The molecule has 0 bridgehead atoms. The average molecular weight is 846 g/mol. The topological polar surface area (TPSA) is 30.7 Å². The molecule has 0 aliphatic rings. The van der Waals surface area contributed by atoms with E-state index >= 15 is 0 Å². The van der Waals surface area contributed by atoms with Crippen molar-refractivity contribution in [1.29, 1.82) is 0 Å². The zero-order chi connectivity index (χ0) is 39.2. The Morgan fingerprint density at radius 1 is 0.816 bits per heavy atom. The number of benzene rings is 4. The van der Waals surface area contributed by atoms with Gasteiger partial charge in [-0.1, -0.05) is 131 Å². The minimum atomic E-state index is -2.18. The first kappa shape index (κ1) is 28.9. The van der Waals surface area contributed by atoms with E-state index in [0.29, 0.717) is 23.1 Å². The molecule has 0 amide bonds. The van der Waals surface area contributed by atoms with Gasteiger partial charge in [0.2, 0.25) is 0 Å². The van der Waals surface area contributed by atoms with Gasteiger partial charge in [-0.2, -0.15) is 0 Å². The van der Waals surface area contributed by atoms with Gasteiger partial charge >= 0.3 is 0 Å². The third-order valence-corrected chi connectivity index (χ3v) is 9.46. The number of hydrogen-bond donors (Lipinski definition) is 0. The van der Waals surface area contributed by atoms with Crippen LogP contribution < -0.4 is 0 Å². The van der Waals surface area contributed by atoms with Crippen LogP contribution >= 0.6 is 11.3 Å². The Morgan fingerprint density at radius 3 is 2.14 bits per heavy atom. The molecule has 0 atom stereocenters. The standard InChI is InChI=1S/C31H33N2S.C13H12N.Ir/c1-19(2)22-11-10-12-23(20(3)4)29(22)33-27-14-9-8-13-26(27)32-30(33)25-18-34-28-16-15-21(17-24(25)28)31(5,6)7;1-10-3-6-12(7-4-10)13-8-5-11(2)9-14-13;/h8-17,19-20H,1-7H3;3-6,8-9H,1-2H3;/q2*-1;/i;1D3,2D3;. The van der Waals surface area contributed by atoms with Gasteiger partial charge in [-0.15, -0.1) is 46.8 Å². The van der Waals surface area contributed by atoms with Gasteiger partial charge in [-0.25, -0.2) is 0 Å². The van der Waals surface area contributed by atoms with Gasteiger partial charge in [-0.3, -0.25) is 16.3 Å². The van der Waals surface area contributed by atoms with Crippen molar-refractivity contribution >= 4 is 32.5 Å². The number of thiophene rings is 1. The SMILES string of the molecule is CC(C)c1cccc(C(C)C)c1-n1c(-c2[c-]sc3ccc(C(C)(C)C)cc23)nc2ccccc21.[2H]C([2H])([2H])c1c[c-]c(-c2ccc(C([2H])([2H])[2H])cn2)cc1.[Ir]. The number of pyridine rings is 1. The summed E-state index contributed by atoms with van der Waals surface area (Å²) in [6, 6.07) is 32.6. The van der Waals surface area contributed by atoms with Crippen LogP contribution in [0, 0.1) is 25.2 Å². The van der Waals surface area contributed by atoms with Crippen molar-refractivity contribution in [2.45, 2.75) is 79.4 Å². The second-order valence-corrected chi connectivity index (χ2v) is 14.7. The number of hydrogen-bond acceptors (Lipinski definition) is 3. The maximum Gasteiger partial charge on any atom is 0.0774 e. The molecule has 0 aliphatic heterocycles. The normalized spacial score (nSPS) is 13.9. The van der Waals surface area contributed by atoms with Crippen LogP contribution in [-0.4, -0.2) is 14.5 Å². The van der Waals surface area contributed by atoms with Crippen molar-refractivity contribution in [3.8, 4) is 28.3 Å². The molecule has 5 heteroatoms. The molecule has 7 aromatic rings. The molecule has 7 rings (SSSR count). The molecule has 3 heterocycles. The van der Waals surface area contributed by atoms with E-state index in [1.807, 2.05) is 0 Å². The fourth-order valence-corrected chi connectivity index (χ4v) is 6.76. The zero-order valence-electron chi connectivity index (χ0n) is 35.0. The van der Waals surface area contributed by atoms with Crippen LogP contribution in [0.1, 0.15) is 96.3 Å². The molecule has 3 aromatic heterocycles. The van der Waals surface area contributed by atoms with E-state index in [1.54, 1.807) is 23.5 Å². The molecule has 0 spiro atoms. The third kappa shape index (κ3) is 7.65. The van der Waals surface area contributed by atoms with Gasteiger partial charge in [0.05, 0.1) is 16.9 Å². The smallest absolute Gasteiger partial charge is 0.0774 e. The van der Waals surface area contributed by atoms with E-state index in [2.05, 4.69) is 130 Å². The van der Waals surface area contributed by atoms with Gasteiger partial charge < -0.3 is 9.55 Å². The van der Waals surface area contributed by atoms with Crippen molar-refractivity contribution < 1.29 is 28.3 Å². The number of rotatable bonds is 5. The van der Waals surface area contributed by atoms with Gasteiger partial charge in [-0.05, 0) is 58.6 Å². The van der Waals surface area contributed by atoms with E-state index in [9.17, 15) is 0 Å². The summed E-state index contributed by atoms with van der Waals surface area (Å²) >= 11 is 1.68. The second kappa shape index (κ2) is 14.9. The van der Waals surface area contributed by atoms with E-state index in [4.69, 9.17) is 13.2 Å². The largest absolute Gasteiger partial charge is 0.333 e. The molecule has 49 heavy (non-hydrogen) atoms. The zero-order valence-corrected chi connectivity index (χ0v) is 32.2. The van der Waals surface area contributed by atoms with Crippen molar-refractivity contribution in [3.63, 3.8) is 0 Å². The molecule has 0 aliphatic carbocycles. The van der Waals surface area contributed by atoms with Gasteiger partial charge in [0.1, 0.15) is 0 Å². The maximum atomic E-state index is 7.28. The van der Waals surface area contributed by atoms with Crippen molar-refractivity contribution in [2.24, 2.45) is 0 Å². The predicted molar refractivity (Wildman–Crippen MR) is 206 cm³/mol. The molecule has 3 nitrogen and oxygen atoms in total. The minimum Gasteiger partial charge on any atom is -0.333 e. The summed E-state index contributed by atoms with van der Waals surface area (Å²) in [7, 11) is 0. The Hall–Kier alpha value is -3.89. The molecule has 0 fully saturated rings. The van der Waals surface area contributed by atoms with Crippen LogP contribution in [0.4, 0.5) is 0 Å². The summed E-state index contributed by atoms with van der Waals surface area (Å²) in [5, 5.41) is 4.87. The summed E-state index contributed by atoms with van der Waals surface area (Å²) in [4.78, 5) is 9.29. The van der Waals surface area contributed by atoms with E-state index < -0.39 is 13.7 Å². The number of imidazole rings is 1. The molecular formula is C44H45IrN3S-2. The molecule has 0 saturated carbocycles. The predicted octanol–water partition coefficient (Wildman–Crippen LogP) is 12.4. The fourth-order valence-electron chi connectivity index (χ4n) is 5.94. The number of nitrogens with zero attached hydrogens (tertiary/aromatic N) is 3. The van der Waals surface area contributed by atoms with Crippen LogP contribution in [0.2, 0.25) is 0 Å². The van der Waals surface area contributed by atoms with Crippen LogP contribution in [0.15, 0.2) is 97.2 Å².